The van der Waals surface area contributed by atoms with E-state index in [1.54, 1.807) is 0 Å². The first-order valence-electron chi connectivity index (χ1n) is 6.24. The van der Waals surface area contributed by atoms with Crippen molar-refractivity contribution in [2.45, 2.75) is 39.8 Å². The fourth-order valence-corrected chi connectivity index (χ4v) is 1.70. The first-order chi connectivity index (χ1) is 8.65. The van der Waals surface area contributed by atoms with Gasteiger partial charge in [-0.25, -0.2) is 0 Å². The molecule has 0 saturated heterocycles. The Labute approximate surface area is 107 Å². The molecule has 96 valence electrons. The van der Waals surface area contributed by atoms with Crippen LogP contribution in [0, 0.1) is 6.92 Å². The summed E-state index contributed by atoms with van der Waals surface area (Å²) in [4.78, 5) is 4.38. The highest BCUT2D eigenvalue weighted by Crippen LogP contribution is 2.11. The summed E-state index contributed by atoms with van der Waals surface area (Å²) in [6.45, 7) is 6.89. The molecule has 1 aromatic heterocycles. The average molecular weight is 245 g/mol. The SMILES string of the molecule is Cc1ccccc1Cc1noc(CNC(C)C)n1. The summed E-state index contributed by atoms with van der Waals surface area (Å²) < 4.78 is 5.20. The van der Waals surface area contributed by atoms with E-state index in [2.05, 4.69) is 48.4 Å². The van der Waals surface area contributed by atoms with Gasteiger partial charge in [0, 0.05) is 12.5 Å². The minimum absolute atomic E-state index is 0.414. The van der Waals surface area contributed by atoms with Gasteiger partial charge < -0.3 is 9.84 Å². The summed E-state index contributed by atoms with van der Waals surface area (Å²) in [5, 5.41) is 7.26. The number of aromatic nitrogens is 2. The third kappa shape index (κ3) is 3.40. The van der Waals surface area contributed by atoms with Gasteiger partial charge in [0.2, 0.25) is 5.89 Å². The maximum absolute atomic E-state index is 5.20. The first kappa shape index (κ1) is 12.8. The number of hydrogen-bond donors (Lipinski definition) is 1. The number of hydrogen-bond acceptors (Lipinski definition) is 4. The van der Waals surface area contributed by atoms with Gasteiger partial charge >= 0.3 is 0 Å². The zero-order chi connectivity index (χ0) is 13.0. The van der Waals surface area contributed by atoms with E-state index in [0.29, 0.717) is 18.5 Å². The van der Waals surface area contributed by atoms with E-state index in [1.165, 1.54) is 11.1 Å². The van der Waals surface area contributed by atoms with Crippen molar-refractivity contribution in [3.8, 4) is 0 Å². The lowest BCUT2D eigenvalue weighted by Crippen LogP contribution is -2.21. The molecule has 1 N–H and O–H groups in total. The molecule has 0 unspecified atom stereocenters. The number of aryl methyl sites for hydroxylation is 1. The first-order valence-corrected chi connectivity index (χ1v) is 6.24. The highest BCUT2D eigenvalue weighted by Gasteiger charge is 2.08. The normalized spacial score (nSPS) is 11.1. The lowest BCUT2D eigenvalue weighted by Gasteiger charge is -2.03. The van der Waals surface area contributed by atoms with Crippen LogP contribution in [0.5, 0.6) is 0 Å². The predicted molar refractivity (Wildman–Crippen MR) is 70.3 cm³/mol. The van der Waals surface area contributed by atoms with Crippen LogP contribution in [0.15, 0.2) is 28.8 Å². The Morgan fingerprint density at radius 1 is 1.28 bits per heavy atom. The standard InChI is InChI=1S/C14H19N3O/c1-10(2)15-9-14-16-13(17-18-14)8-12-7-5-4-6-11(12)3/h4-7,10,15H,8-9H2,1-3H3. The van der Waals surface area contributed by atoms with Crippen LogP contribution in [0.25, 0.3) is 0 Å². The minimum Gasteiger partial charge on any atom is -0.338 e. The number of rotatable bonds is 5. The van der Waals surface area contributed by atoms with Gasteiger partial charge in [-0.3, -0.25) is 0 Å². The van der Waals surface area contributed by atoms with Crippen molar-refractivity contribution in [3.63, 3.8) is 0 Å². The van der Waals surface area contributed by atoms with Crippen molar-refractivity contribution in [1.82, 2.24) is 15.5 Å². The molecule has 0 amide bonds. The van der Waals surface area contributed by atoms with Crippen molar-refractivity contribution in [2.24, 2.45) is 0 Å². The molecule has 1 heterocycles. The molecule has 4 nitrogen and oxygen atoms in total. The largest absolute Gasteiger partial charge is 0.338 e. The van der Waals surface area contributed by atoms with Crippen molar-refractivity contribution < 1.29 is 4.52 Å². The fourth-order valence-electron chi connectivity index (χ4n) is 1.70. The van der Waals surface area contributed by atoms with Gasteiger partial charge in [0.05, 0.1) is 6.54 Å². The molecule has 0 fully saturated rings. The van der Waals surface area contributed by atoms with Crippen LogP contribution in [0.3, 0.4) is 0 Å². The Hall–Kier alpha value is -1.68. The van der Waals surface area contributed by atoms with Gasteiger partial charge in [-0.1, -0.05) is 43.3 Å². The Morgan fingerprint density at radius 2 is 2.06 bits per heavy atom. The molecular formula is C14H19N3O. The molecule has 0 aliphatic rings. The van der Waals surface area contributed by atoms with E-state index in [4.69, 9.17) is 4.52 Å². The molecular weight excluding hydrogens is 226 g/mol. The number of nitrogens with one attached hydrogen (secondary N) is 1. The zero-order valence-corrected chi connectivity index (χ0v) is 11.1. The maximum atomic E-state index is 5.20. The smallest absolute Gasteiger partial charge is 0.240 e. The van der Waals surface area contributed by atoms with Crippen molar-refractivity contribution in [1.29, 1.82) is 0 Å². The van der Waals surface area contributed by atoms with E-state index < -0.39 is 0 Å². The Kier molecular flexibility index (Phi) is 4.10. The molecule has 0 aliphatic heterocycles. The van der Waals surface area contributed by atoms with E-state index in [-0.39, 0.29) is 0 Å². The van der Waals surface area contributed by atoms with Crippen LogP contribution in [0.4, 0.5) is 0 Å². The van der Waals surface area contributed by atoms with E-state index >= 15 is 0 Å². The summed E-state index contributed by atoms with van der Waals surface area (Å²) >= 11 is 0. The van der Waals surface area contributed by atoms with E-state index in [0.717, 1.165) is 12.2 Å². The molecule has 1 aromatic carbocycles. The molecule has 0 saturated carbocycles. The molecule has 18 heavy (non-hydrogen) atoms. The highest BCUT2D eigenvalue weighted by molar-refractivity contribution is 5.27. The molecule has 0 radical (unpaired) electrons. The van der Waals surface area contributed by atoms with E-state index in [1.807, 2.05) is 12.1 Å². The highest BCUT2D eigenvalue weighted by atomic mass is 16.5. The van der Waals surface area contributed by atoms with Gasteiger partial charge in [-0.05, 0) is 18.1 Å². The second-order valence-electron chi connectivity index (χ2n) is 4.74. The molecule has 0 atom stereocenters. The fraction of sp³-hybridized carbons (Fsp3) is 0.429. The Balaban J connectivity index is 2.00. The number of nitrogens with zero attached hydrogens (tertiary/aromatic N) is 2. The van der Waals surface area contributed by atoms with Crippen LogP contribution in [0.2, 0.25) is 0 Å². The summed E-state index contributed by atoms with van der Waals surface area (Å²) in [7, 11) is 0. The summed E-state index contributed by atoms with van der Waals surface area (Å²) in [5.74, 6) is 1.39. The third-order valence-electron chi connectivity index (χ3n) is 2.78. The average Bonchev–Trinajstić information content (AvgIpc) is 2.77. The van der Waals surface area contributed by atoms with Crippen LogP contribution in [-0.4, -0.2) is 16.2 Å². The predicted octanol–water partition coefficient (Wildman–Crippen LogP) is 2.47. The Bertz CT molecular complexity index is 505. The topological polar surface area (TPSA) is 51.0 Å². The molecule has 2 rings (SSSR count). The second-order valence-corrected chi connectivity index (χ2v) is 4.74. The van der Waals surface area contributed by atoms with Crippen LogP contribution >= 0.6 is 0 Å². The molecule has 0 bridgehead atoms. The summed E-state index contributed by atoms with van der Waals surface area (Å²) in [6, 6.07) is 8.67. The van der Waals surface area contributed by atoms with E-state index in [9.17, 15) is 0 Å². The van der Waals surface area contributed by atoms with Gasteiger partial charge in [-0.2, -0.15) is 4.98 Å². The second kappa shape index (κ2) is 5.78. The molecule has 4 heteroatoms. The minimum atomic E-state index is 0.414. The molecule has 0 aliphatic carbocycles. The van der Waals surface area contributed by atoms with Gasteiger partial charge in [0.15, 0.2) is 5.82 Å². The van der Waals surface area contributed by atoms with Gasteiger partial charge in [0.25, 0.3) is 0 Å². The summed E-state index contributed by atoms with van der Waals surface area (Å²) in [6.07, 6.45) is 0.720. The van der Waals surface area contributed by atoms with Crippen molar-refractivity contribution in [3.05, 3.63) is 47.1 Å². The molecule has 0 spiro atoms. The Morgan fingerprint density at radius 3 is 2.78 bits per heavy atom. The maximum Gasteiger partial charge on any atom is 0.240 e. The lowest BCUT2D eigenvalue weighted by atomic mass is 10.1. The third-order valence-corrected chi connectivity index (χ3v) is 2.78. The zero-order valence-electron chi connectivity index (χ0n) is 11.1. The quantitative estimate of drug-likeness (QED) is 0.879. The van der Waals surface area contributed by atoms with Gasteiger partial charge in [-0.15, -0.1) is 0 Å². The lowest BCUT2D eigenvalue weighted by molar-refractivity contribution is 0.358. The van der Waals surface area contributed by atoms with Crippen LogP contribution in [0.1, 0.15) is 36.7 Å². The van der Waals surface area contributed by atoms with Crippen molar-refractivity contribution >= 4 is 0 Å². The monoisotopic (exact) mass is 245 g/mol. The van der Waals surface area contributed by atoms with Crippen molar-refractivity contribution in [2.75, 3.05) is 0 Å². The number of benzene rings is 1. The molecule has 2 aromatic rings. The van der Waals surface area contributed by atoms with Gasteiger partial charge in [0.1, 0.15) is 0 Å². The van der Waals surface area contributed by atoms with Crippen LogP contribution < -0.4 is 5.32 Å². The van der Waals surface area contributed by atoms with Crippen LogP contribution in [-0.2, 0) is 13.0 Å². The summed E-state index contributed by atoms with van der Waals surface area (Å²) in [5.41, 5.74) is 2.49.